The van der Waals surface area contributed by atoms with Gasteiger partial charge in [0.25, 0.3) is 0 Å². The van der Waals surface area contributed by atoms with Crippen LogP contribution in [-0.2, 0) is 27.2 Å². The molecule has 1 aliphatic carbocycles. The van der Waals surface area contributed by atoms with E-state index in [9.17, 15) is 19.5 Å². The molecule has 2 amide bonds. The first kappa shape index (κ1) is 23.8. The number of carbonyl (C=O) groups is 3. The number of carboxylic acids is 1. The standard InChI is InChI=1S/C27H32N2O5/c30-24-11-5-6-18-12-14-21(15-13-18)34-22-10-4-7-19(16-22)17-23(27(32)33)28-26(31)25(29-24)20-8-2-1-3-9-20/h4,7,10,12-16,20,23,25H,1-3,5-6,8-9,11,17H2,(H,28,31)(H,29,30)(H,32,33). The van der Waals surface area contributed by atoms with Crippen molar-refractivity contribution < 1.29 is 24.2 Å². The Morgan fingerprint density at radius 3 is 2.35 bits per heavy atom. The Morgan fingerprint density at radius 2 is 1.62 bits per heavy atom. The van der Waals surface area contributed by atoms with Crippen LogP contribution in [0.1, 0.15) is 56.1 Å². The number of aryl methyl sites for hydroxylation is 1. The second-order valence-electron chi connectivity index (χ2n) is 9.29. The van der Waals surface area contributed by atoms with E-state index in [0.717, 1.165) is 49.7 Å². The number of hydrogen-bond acceptors (Lipinski definition) is 4. The number of nitrogens with one attached hydrogen (secondary N) is 2. The number of carboxylic acid groups (broad SMARTS) is 1. The second-order valence-corrected chi connectivity index (χ2v) is 9.29. The highest BCUT2D eigenvalue weighted by atomic mass is 16.5. The van der Waals surface area contributed by atoms with Gasteiger partial charge in [0.1, 0.15) is 23.6 Å². The van der Waals surface area contributed by atoms with Crippen molar-refractivity contribution in [3.8, 4) is 11.5 Å². The van der Waals surface area contributed by atoms with E-state index in [1.165, 1.54) is 0 Å². The number of carbonyl (C=O) groups excluding carboxylic acids is 2. The van der Waals surface area contributed by atoms with Gasteiger partial charge in [-0.15, -0.1) is 0 Å². The predicted molar refractivity (Wildman–Crippen MR) is 128 cm³/mol. The summed E-state index contributed by atoms with van der Waals surface area (Å²) in [6.07, 6.45) is 6.65. The van der Waals surface area contributed by atoms with E-state index in [-0.39, 0.29) is 18.2 Å². The molecule has 0 aromatic heterocycles. The molecule has 2 aromatic rings. The molecule has 2 unspecified atom stereocenters. The van der Waals surface area contributed by atoms with Gasteiger partial charge in [-0.05, 0) is 67.0 Å². The van der Waals surface area contributed by atoms with Crippen LogP contribution in [-0.4, -0.2) is 35.0 Å². The summed E-state index contributed by atoms with van der Waals surface area (Å²) in [7, 11) is 0. The third kappa shape index (κ3) is 6.37. The average molecular weight is 465 g/mol. The maximum absolute atomic E-state index is 13.3. The van der Waals surface area contributed by atoms with Gasteiger partial charge in [-0.1, -0.05) is 43.5 Å². The van der Waals surface area contributed by atoms with Gasteiger partial charge >= 0.3 is 5.97 Å². The zero-order chi connectivity index (χ0) is 23.9. The minimum absolute atomic E-state index is 0.0158. The lowest BCUT2D eigenvalue weighted by molar-refractivity contribution is -0.142. The summed E-state index contributed by atoms with van der Waals surface area (Å²) in [5.74, 6) is -0.407. The van der Waals surface area contributed by atoms with Gasteiger partial charge in [-0.2, -0.15) is 0 Å². The monoisotopic (exact) mass is 464 g/mol. The molecular weight excluding hydrogens is 432 g/mol. The highest BCUT2D eigenvalue weighted by molar-refractivity contribution is 5.90. The molecule has 4 bridgehead atoms. The van der Waals surface area contributed by atoms with E-state index >= 15 is 0 Å². The Morgan fingerprint density at radius 1 is 0.853 bits per heavy atom. The van der Waals surface area contributed by atoms with Gasteiger partial charge in [-0.3, -0.25) is 9.59 Å². The number of rotatable bonds is 2. The number of hydrogen-bond donors (Lipinski definition) is 3. The van der Waals surface area contributed by atoms with Crippen LogP contribution < -0.4 is 15.4 Å². The van der Waals surface area contributed by atoms with Crippen molar-refractivity contribution in [3.63, 3.8) is 0 Å². The molecular formula is C27H32N2O5. The lowest BCUT2D eigenvalue weighted by Crippen LogP contribution is -2.55. The first-order valence-electron chi connectivity index (χ1n) is 12.2. The van der Waals surface area contributed by atoms with Crippen LogP contribution in [0.5, 0.6) is 11.5 Å². The van der Waals surface area contributed by atoms with Crippen molar-refractivity contribution in [3.05, 3.63) is 59.7 Å². The summed E-state index contributed by atoms with van der Waals surface area (Å²) < 4.78 is 5.95. The molecule has 1 fully saturated rings. The van der Waals surface area contributed by atoms with E-state index in [0.29, 0.717) is 24.3 Å². The van der Waals surface area contributed by atoms with Crippen LogP contribution in [0.4, 0.5) is 0 Å². The van der Waals surface area contributed by atoms with E-state index in [1.54, 1.807) is 6.07 Å². The van der Waals surface area contributed by atoms with Crippen molar-refractivity contribution in [2.75, 3.05) is 0 Å². The highest BCUT2D eigenvalue weighted by Crippen LogP contribution is 2.27. The summed E-state index contributed by atoms with van der Waals surface area (Å²) >= 11 is 0. The van der Waals surface area contributed by atoms with Crippen LogP contribution >= 0.6 is 0 Å². The maximum atomic E-state index is 13.3. The smallest absolute Gasteiger partial charge is 0.326 e. The predicted octanol–water partition coefficient (Wildman–Crippen LogP) is 3.99. The normalized spacial score (nSPS) is 22.6. The molecule has 34 heavy (non-hydrogen) atoms. The van der Waals surface area contributed by atoms with Crippen molar-refractivity contribution in [2.45, 2.75) is 69.9 Å². The van der Waals surface area contributed by atoms with Crippen molar-refractivity contribution in [1.82, 2.24) is 10.6 Å². The molecule has 2 atom stereocenters. The Hall–Kier alpha value is -3.35. The SMILES string of the molecule is O=C1CCCc2ccc(cc2)Oc2cccc(c2)CC(C(=O)O)NC(=O)C(C2CCCCC2)N1. The van der Waals surface area contributed by atoms with E-state index in [1.807, 2.05) is 42.5 Å². The van der Waals surface area contributed by atoms with Crippen LogP contribution in [0.15, 0.2) is 48.5 Å². The third-order valence-electron chi connectivity index (χ3n) is 6.70. The molecule has 0 spiro atoms. The third-order valence-corrected chi connectivity index (χ3v) is 6.70. The van der Waals surface area contributed by atoms with Crippen LogP contribution in [0.25, 0.3) is 0 Å². The average Bonchev–Trinajstić information content (AvgIpc) is 2.83. The molecule has 3 N–H and O–H groups in total. The van der Waals surface area contributed by atoms with Crippen LogP contribution in [0, 0.1) is 5.92 Å². The molecule has 2 aliphatic heterocycles. The van der Waals surface area contributed by atoms with Crippen molar-refractivity contribution >= 4 is 17.8 Å². The Labute approximate surface area is 199 Å². The molecule has 0 radical (unpaired) electrons. The summed E-state index contributed by atoms with van der Waals surface area (Å²) in [5.41, 5.74) is 1.85. The number of ether oxygens (including phenoxy) is 1. The lowest BCUT2D eigenvalue weighted by Gasteiger charge is -2.31. The van der Waals surface area contributed by atoms with E-state index < -0.39 is 24.0 Å². The van der Waals surface area contributed by atoms with Crippen molar-refractivity contribution in [2.24, 2.45) is 5.92 Å². The summed E-state index contributed by atoms with van der Waals surface area (Å²) in [5, 5.41) is 15.5. The van der Waals surface area contributed by atoms with Crippen LogP contribution in [0.2, 0.25) is 0 Å². The summed E-state index contributed by atoms with van der Waals surface area (Å²) in [6, 6.07) is 13.2. The Bertz CT molecular complexity index is 1010. The number of fused-ring (bicyclic) bond motifs is 11. The van der Waals surface area contributed by atoms with Crippen LogP contribution in [0.3, 0.4) is 0 Å². The molecule has 3 aliphatic rings. The lowest BCUT2D eigenvalue weighted by atomic mass is 9.83. The van der Waals surface area contributed by atoms with E-state index in [2.05, 4.69) is 10.6 Å². The Balaban J connectivity index is 1.61. The number of benzene rings is 2. The first-order chi connectivity index (χ1) is 16.5. The summed E-state index contributed by atoms with van der Waals surface area (Å²) in [4.78, 5) is 38.0. The van der Waals surface area contributed by atoms with Gasteiger partial charge < -0.3 is 20.5 Å². The zero-order valence-corrected chi connectivity index (χ0v) is 19.3. The molecule has 0 saturated heterocycles. The largest absolute Gasteiger partial charge is 0.480 e. The van der Waals surface area contributed by atoms with Gasteiger partial charge in [0.15, 0.2) is 0 Å². The molecule has 5 rings (SSSR count). The van der Waals surface area contributed by atoms with E-state index in [4.69, 9.17) is 4.74 Å². The number of aliphatic carboxylic acids is 1. The molecule has 2 aromatic carbocycles. The van der Waals surface area contributed by atoms with Gasteiger partial charge in [0.2, 0.25) is 11.8 Å². The van der Waals surface area contributed by atoms with Gasteiger partial charge in [0.05, 0.1) is 0 Å². The van der Waals surface area contributed by atoms with Crippen molar-refractivity contribution in [1.29, 1.82) is 0 Å². The molecule has 7 nitrogen and oxygen atoms in total. The minimum atomic E-state index is -1.11. The Kier molecular flexibility index (Phi) is 7.83. The quantitative estimate of drug-likeness (QED) is 0.623. The second kappa shape index (κ2) is 11.2. The highest BCUT2D eigenvalue weighted by Gasteiger charge is 2.33. The number of amides is 2. The maximum Gasteiger partial charge on any atom is 0.326 e. The minimum Gasteiger partial charge on any atom is -0.480 e. The topological polar surface area (TPSA) is 105 Å². The fourth-order valence-electron chi connectivity index (χ4n) is 4.86. The molecule has 180 valence electrons. The summed E-state index contributed by atoms with van der Waals surface area (Å²) in [6.45, 7) is 0. The zero-order valence-electron chi connectivity index (χ0n) is 19.3. The molecule has 2 heterocycles. The van der Waals surface area contributed by atoms with Gasteiger partial charge in [0, 0.05) is 12.8 Å². The molecule has 1 saturated carbocycles. The molecule has 7 heteroatoms. The fourth-order valence-corrected chi connectivity index (χ4v) is 4.86. The van der Waals surface area contributed by atoms with Gasteiger partial charge in [-0.25, -0.2) is 4.79 Å². The fraction of sp³-hybridized carbons (Fsp3) is 0.444. The first-order valence-corrected chi connectivity index (χ1v) is 12.2.